The zero-order valence-electron chi connectivity index (χ0n) is 10.7. The van der Waals surface area contributed by atoms with Crippen LogP contribution in [0.2, 0.25) is 0 Å². The molecule has 0 saturated heterocycles. The molecule has 1 radical (unpaired) electrons. The minimum Gasteiger partial charge on any atom is -0.254 e. The quantitative estimate of drug-likeness (QED) is 0.508. The normalized spacial score (nSPS) is 11.0. The lowest BCUT2D eigenvalue weighted by atomic mass is 10.1. The Morgan fingerprint density at radius 3 is 2.45 bits per heavy atom. The van der Waals surface area contributed by atoms with Gasteiger partial charge in [-0.2, -0.15) is 0 Å². The first-order valence-corrected chi connectivity index (χ1v) is 6.53. The molecule has 0 aliphatic carbocycles. The number of fused-ring (bicyclic) bond motifs is 2. The number of pyridine rings is 2. The van der Waals surface area contributed by atoms with Gasteiger partial charge in [0.2, 0.25) is 0 Å². The van der Waals surface area contributed by atoms with Gasteiger partial charge in [-0.15, -0.1) is 0 Å². The van der Waals surface area contributed by atoms with Crippen molar-refractivity contribution in [3.8, 4) is 11.4 Å². The van der Waals surface area contributed by atoms with E-state index in [1.165, 1.54) is 5.39 Å². The van der Waals surface area contributed by atoms with E-state index in [-0.39, 0.29) is 0 Å². The first-order valence-electron chi connectivity index (χ1n) is 6.53. The van der Waals surface area contributed by atoms with E-state index in [0.29, 0.717) is 0 Å². The van der Waals surface area contributed by atoms with Gasteiger partial charge in [-0.1, -0.05) is 48.5 Å². The summed E-state index contributed by atoms with van der Waals surface area (Å²) in [6.45, 7) is 0. The van der Waals surface area contributed by atoms with Crippen molar-refractivity contribution in [2.75, 3.05) is 0 Å². The summed E-state index contributed by atoms with van der Waals surface area (Å²) < 4.78 is 0. The second kappa shape index (κ2) is 4.42. The molecule has 0 N–H and O–H groups in total. The molecule has 2 nitrogen and oxygen atoms in total. The Morgan fingerprint density at radius 1 is 0.800 bits per heavy atom. The minimum atomic E-state index is 0.883. The maximum Gasteiger partial charge on any atom is 0.0972 e. The van der Waals surface area contributed by atoms with Gasteiger partial charge in [0.05, 0.1) is 17.6 Å². The molecule has 0 fully saturated rings. The fourth-order valence-electron chi connectivity index (χ4n) is 2.47. The molecule has 0 atom stereocenters. The fourth-order valence-corrected chi connectivity index (χ4v) is 2.47. The van der Waals surface area contributed by atoms with Crippen molar-refractivity contribution in [1.29, 1.82) is 0 Å². The maximum absolute atomic E-state index is 4.54. The summed E-state index contributed by atoms with van der Waals surface area (Å²) in [7, 11) is 0. The van der Waals surface area contributed by atoms with Gasteiger partial charge in [0.1, 0.15) is 0 Å². The third-order valence-corrected chi connectivity index (χ3v) is 3.49. The van der Waals surface area contributed by atoms with Gasteiger partial charge >= 0.3 is 0 Å². The minimum absolute atomic E-state index is 0.883. The Balaban J connectivity index is 2.01. The Morgan fingerprint density at radius 2 is 1.55 bits per heavy atom. The van der Waals surface area contributed by atoms with Crippen LogP contribution in [0.5, 0.6) is 0 Å². The van der Waals surface area contributed by atoms with Gasteiger partial charge in [-0.3, -0.25) is 4.98 Å². The van der Waals surface area contributed by atoms with Crippen LogP contribution in [0.4, 0.5) is 0 Å². The van der Waals surface area contributed by atoms with Gasteiger partial charge in [-0.05, 0) is 22.9 Å². The van der Waals surface area contributed by atoms with Gasteiger partial charge in [0.25, 0.3) is 0 Å². The second-order valence-corrected chi connectivity index (χ2v) is 4.74. The van der Waals surface area contributed by atoms with E-state index in [4.69, 9.17) is 0 Å². The maximum atomic E-state index is 4.54. The smallest absolute Gasteiger partial charge is 0.0972 e. The zero-order valence-corrected chi connectivity index (χ0v) is 10.7. The van der Waals surface area contributed by atoms with E-state index >= 15 is 0 Å². The summed E-state index contributed by atoms with van der Waals surface area (Å²) in [4.78, 5) is 8.94. The summed E-state index contributed by atoms with van der Waals surface area (Å²) >= 11 is 0. The van der Waals surface area contributed by atoms with Crippen molar-refractivity contribution in [1.82, 2.24) is 9.97 Å². The lowest BCUT2D eigenvalue weighted by molar-refractivity contribution is 1.27. The molecular formula is C18H11N2. The molecule has 0 spiro atoms. The molecule has 0 amide bonds. The van der Waals surface area contributed by atoms with Gasteiger partial charge < -0.3 is 0 Å². The van der Waals surface area contributed by atoms with Crippen LogP contribution in [0.3, 0.4) is 0 Å². The Bertz CT molecular complexity index is 908. The number of rotatable bonds is 1. The van der Waals surface area contributed by atoms with Crippen LogP contribution in [0, 0.1) is 6.20 Å². The lowest BCUT2D eigenvalue weighted by Gasteiger charge is -2.05. The molecule has 2 aromatic heterocycles. The molecule has 4 rings (SSSR count). The third-order valence-electron chi connectivity index (χ3n) is 3.49. The molecule has 2 heterocycles. The molecule has 2 aromatic carbocycles. The highest BCUT2D eigenvalue weighted by atomic mass is 14.8. The molecule has 0 aliphatic rings. The predicted molar refractivity (Wildman–Crippen MR) is 81.3 cm³/mol. The number of benzene rings is 2. The van der Waals surface area contributed by atoms with Crippen LogP contribution in [-0.4, -0.2) is 9.97 Å². The van der Waals surface area contributed by atoms with Crippen molar-refractivity contribution in [2.24, 2.45) is 0 Å². The second-order valence-electron chi connectivity index (χ2n) is 4.74. The van der Waals surface area contributed by atoms with Crippen molar-refractivity contribution in [3.05, 3.63) is 73.1 Å². The summed E-state index contributed by atoms with van der Waals surface area (Å²) in [6, 6.07) is 20.4. The SMILES string of the molecule is [c]1cc2ccccc2c(-c2cc3ccccc3cn2)n1. The number of hydrogen-bond donors (Lipinski definition) is 0. The molecule has 4 aromatic rings. The molecule has 0 saturated carbocycles. The van der Waals surface area contributed by atoms with Crippen LogP contribution in [0.1, 0.15) is 0 Å². The van der Waals surface area contributed by atoms with Gasteiger partial charge in [0, 0.05) is 17.0 Å². The van der Waals surface area contributed by atoms with Crippen LogP contribution < -0.4 is 0 Å². The Hall–Kier alpha value is -2.74. The highest BCUT2D eigenvalue weighted by molar-refractivity contribution is 5.95. The standard InChI is InChI=1S/C18H11N2/c1-2-7-15-12-20-17(11-14(15)6-1)18-16-8-4-3-5-13(16)9-10-19-18/h1-9,11-12H. The molecule has 93 valence electrons. The van der Waals surface area contributed by atoms with Crippen molar-refractivity contribution < 1.29 is 0 Å². The number of hydrogen-bond acceptors (Lipinski definition) is 2. The fraction of sp³-hybridized carbons (Fsp3) is 0. The zero-order chi connectivity index (χ0) is 13.4. The van der Waals surface area contributed by atoms with Crippen LogP contribution >= 0.6 is 0 Å². The lowest BCUT2D eigenvalue weighted by Crippen LogP contribution is -1.89. The molecule has 0 aliphatic heterocycles. The predicted octanol–water partition coefficient (Wildman–Crippen LogP) is 4.25. The Kier molecular flexibility index (Phi) is 2.46. The van der Waals surface area contributed by atoms with Crippen LogP contribution in [0.25, 0.3) is 32.9 Å². The van der Waals surface area contributed by atoms with E-state index in [9.17, 15) is 0 Å². The topological polar surface area (TPSA) is 25.8 Å². The van der Waals surface area contributed by atoms with E-state index in [2.05, 4.69) is 46.5 Å². The van der Waals surface area contributed by atoms with Gasteiger partial charge in [0.15, 0.2) is 0 Å². The van der Waals surface area contributed by atoms with E-state index in [1.807, 2.05) is 36.5 Å². The van der Waals surface area contributed by atoms with Crippen LogP contribution in [0.15, 0.2) is 66.9 Å². The van der Waals surface area contributed by atoms with Crippen molar-refractivity contribution in [3.63, 3.8) is 0 Å². The van der Waals surface area contributed by atoms with E-state index < -0.39 is 0 Å². The van der Waals surface area contributed by atoms with Gasteiger partial charge in [-0.25, -0.2) is 4.98 Å². The summed E-state index contributed by atoms with van der Waals surface area (Å²) in [5, 5.41) is 4.55. The molecular weight excluding hydrogens is 244 g/mol. The largest absolute Gasteiger partial charge is 0.254 e. The molecule has 2 heteroatoms. The molecule has 0 unspecified atom stereocenters. The Labute approximate surface area is 116 Å². The third kappa shape index (κ3) is 1.74. The number of aromatic nitrogens is 2. The highest BCUT2D eigenvalue weighted by Crippen LogP contribution is 2.26. The van der Waals surface area contributed by atoms with Crippen molar-refractivity contribution >= 4 is 21.5 Å². The first kappa shape index (κ1) is 11.1. The average molecular weight is 255 g/mol. The van der Waals surface area contributed by atoms with Crippen molar-refractivity contribution in [2.45, 2.75) is 0 Å². The summed E-state index contributed by atoms with van der Waals surface area (Å²) in [5.41, 5.74) is 1.77. The average Bonchev–Trinajstić information content (AvgIpc) is 2.54. The first-order chi connectivity index (χ1) is 9.92. The number of nitrogens with zero attached hydrogens (tertiary/aromatic N) is 2. The summed E-state index contributed by atoms with van der Waals surface area (Å²) in [5.74, 6) is 0. The highest BCUT2D eigenvalue weighted by Gasteiger charge is 2.07. The monoisotopic (exact) mass is 255 g/mol. The van der Waals surface area contributed by atoms with E-state index in [1.54, 1.807) is 0 Å². The van der Waals surface area contributed by atoms with Crippen LogP contribution in [-0.2, 0) is 0 Å². The molecule has 0 bridgehead atoms. The van der Waals surface area contributed by atoms with E-state index in [0.717, 1.165) is 27.5 Å². The molecule has 20 heavy (non-hydrogen) atoms. The summed E-state index contributed by atoms with van der Waals surface area (Å²) in [6.07, 6.45) is 4.86.